The van der Waals surface area contributed by atoms with Crippen molar-refractivity contribution in [3.05, 3.63) is 71.6 Å². The number of nitrogens with zero attached hydrogens (tertiary/aromatic N) is 3. The number of aromatic nitrogens is 1. The Morgan fingerprint density at radius 3 is 2.28 bits per heavy atom. The van der Waals surface area contributed by atoms with Gasteiger partial charge < -0.3 is 9.80 Å². The van der Waals surface area contributed by atoms with Gasteiger partial charge in [0.05, 0.1) is 5.56 Å². The molecule has 1 aromatic carbocycles. The highest BCUT2D eigenvalue weighted by atomic mass is 16.2. The zero-order chi connectivity index (χ0) is 17.6. The van der Waals surface area contributed by atoms with Gasteiger partial charge in [-0.15, -0.1) is 0 Å². The largest absolute Gasteiger partial charge is 0.335 e. The average Bonchev–Trinajstić information content (AvgIpc) is 2.68. The Morgan fingerprint density at radius 2 is 1.64 bits per heavy atom. The summed E-state index contributed by atoms with van der Waals surface area (Å²) in [5.41, 5.74) is 2.31. The predicted octanol–water partition coefficient (Wildman–Crippen LogP) is 2.47. The maximum atomic E-state index is 12.6. The molecule has 1 aliphatic heterocycles. The third-order valence-corrected chi connectivity index (χ3v) is 4.28. The molecule has 2 heterocycles. The number of rotatable bonds is 3. The maximum absolute atomic E-state index is 12.6. The van der Waals surface area contributed by atoms with Crippen LogP contribution < -0.4 is 0 Å². The van der Waals surface area contributed by atoms with Crippen LogP contribution in [0, 0.1) is 0 Å². The van der Waals surface area contributed by atoms with E-state index >= 15 is 0 Å². The fourth-order valence-electron chi connectivity index (χ4n) is 2.89. The topological polar surface area (TPSA) is 53.5 Å². The molecule has 2 amide bonds. The number of piperazine rings is 1. The number of carbonyl (C=O) groups excluding carboxylic acids is 2. The molecule has 1 fully saturated rings. The quantitative estimate of drug-likeness (QED) is 0.810. The van der Waals surface area contributed by atoms with Crippen LogP contribution in [0.15, 0.2) is 60.4 Å². The van der Waals surface area contributed by atoms with E-state index in [9.17, 15) is 9.59 Å². The Bertz CT molecular complexity index is 764. The zero-order valence-corrected chi connectivity index (χ0v) is 14.3. The summed E-state index contributed by atoms with van der Waals surface area (Å²) in [5.74, 6) is -0.00548. The van der Waals surface area contributed by atoms with Gasteiger partial charge in [0.2, 0.25) is 5.91 Å². The molecule has 0 unspecified atom stereocenters. The Morgan fingerprint density at radius 1 is 0.960 bits per heavy atom. The highest BCUT2D eigenvalue weighted by Gasteiger charge is 2.25. The van der Waals surface area contributed by atoms with E-state index in [1.807, 2.05) is 48.2 Å². The van der Waals surface area contributed by atoms with Crippen LogP contribution in [0.3, 0.4) is 0 Å². The number of hydrogen-bond acceptors (Lipinski definition) is 3. The summed E-state index contributed by atoms with van der Waals surface area (Å²) in [6.45, 7) is 4.01. The number of carbonyl (C=O) groups is 2. The van der Waals surface area contributed by atoms with Gasteiger partial charge in [-0.1, -0.05) is 30.3 Å². The van der Waals surface area contributed by atoms with Crippen LogP contribution in [-0.4, -0.2) is 52.8 Å². The van der Waals surface area contributed by atoms with Crippen molar-refractivity contribution in [1.82, 2.24) is 14.8 Å². The van der Waals surface area contributed by atoms with Crippen molar-refractivity contribution in [3.8, 4) is 0 Å². The molecule has 0 bridgehead atoms. The summed E-state index contributed by atoms with van der Waals surface area (Å²) in [4.78, 5) is 32.6. The highest BCUT2D eigenvalue weighted by molar-refractivity contribution is 5.98. The first-order valence-corrected chi connectivity index (χ1v) is 8.37. The lowest BCUT2D eigenvalue weighted by atomic mass is 10.1. The molecule has 0 spiro atoms. The minimum absolute atomic E-state index is 0.0253. The van der Waals surface area contributed by atoms with Crippen molar-refractivity contribution in [3.63, 3.8) is 0 Å². The molecule has 5 heteroatoms. The van der Waals surface area contributed by atoms with Gasteiger partial charge in [0.1, 0.15) is 0 Å². The number of pyridine rings is 1. The minimum Gasteiger partial charge on any atom is -0.335 e. The first kappa shape index (κ1) is 16.9. The summed E-state index contributed by atoms with van der Waals surface area (Å²) < 4.78 is 0. The molecule has 0 saturated carbocycles. The van der Waals surface area contributed by atoms with E-state index in [1.54, 1.807) is 29.4 Å². The van der Waals surface area contributed by atoms with Gasteiger partial charge in [-0.05, 0) is 30.7 Å². The maximum Gasteiger partial charge on any atom is 0.255 e. The van der Waals surface area contributed by atoms with Gasteiger partial charge in [0.25, 0.3) is 5.91 Å². The molecule has 0 radical (unpaired) electrons. The minimum atomic E-state index is -0.0308. The van der Waals surface area contributed by atoms with Crippen LogP contribution in [0.2, 0.25) is 0 Å². The Labute approximate surface area is 147 Å². The van der Waals surface area contributed by atoms with Gasteiger partial charge in [-0.2, -0.15) is 0 Å². The van der Waals surface area contributed by atoms with Crippen LogP contribution in [-0.2, 0) is 4.79 Å². The SMILES string of the molecule is C/C(=C\c1ccccc1)C(=O)N1CCN(C(=O)c2cccnc2)CC1. The smallest absolute Gasteiger partial charge is 0.255 e. The third kappa shape index (κ3) is 4.12. The fraction of sp³-hybridized carbons (Fsp3) is 0.250. The van der Waals surface area contributed by atoms with Crippen molar-refractivity contribution < 1.29 is 9.59 Å². The van der Waals surface area contributed by atoms with E-state index in [1.165, 1.54) is 0 Å². The fourth-order valence-corrected chi connectivity index (χ4v) is 2.89. The average molecular weight is 335 g/mol. The summed E-state index contributed by atoms with van der Waals surface area (Å²) >= 11 is 0. The standard InChI is InChI=1S/C20H21N3O2/c1-16(14-17-6-3-2-4-7-17)19(24)22-10-12-23(13-11-22)20(25)18-8-5-9-21-15-18/h2-9,14-15H,10-13H2,1H3/b16-14+. The van der Waals surface area contributed by atoms with Gasteiger partial charge >= 0.3 is 0 Å². The van der Waals surface area contributed by atoms with E-state index in [0.29, 0.717) is 37.3 Å². The molecule has 1 aromatic heterocycles. The molecule has 1 aliphatic rings. The second-order valence-corrected chi connectivity index (χ2v) is 6.06. The van der Waals surface area contributed by atoms with E-state index < -0.39 is 0 Å². The molecule has 2 aromatic rings. The molecule has 1 saturated heterocycles. The molecule has 128 valence electrons. The summed E-state index contributed by atoms with van der Waals surface area (Å²) in [7, 11) is 0. The first-order chi connectivity index (χ1) is 12.1. The van der Waals surface area contributed by atoms with Crippen LogP contribution in [0.4, 0.5) is 0 Å². The normalized spacial score (nSPS) is 15.2. The molecule has 0 aliphatic carbocycles. The van der Waals surface area contributed by atoms with Gasteiger partial charge in [-0.25, -0.2) is 0 Å². The lowest BCUT2D eigenvalue weighted by Gasteiger charge is -2.35. The molecular formula is C20H21N3O2. The second-order valence-electron chi connectivity index (χ2n) is 6.06. The van der Waals surface area contributed by atoms with E-state index in [2.05, 4.69) is 4.98 Å². The van der Waals surface area contributed by atoms with Crippen LogP contribution in [0.5, 0.6) is 0 Å². The van der Waals surface area contributed by atoms with Gasteiger partial charge in [-0.3, -0.25) is 14.6 Å². The zero-order valence-electron chi connectivity index (χ0n) is 14.3. The second kappa shape index (κ2) is 7.75. The summed E-state index contributed by atoms with van der Waals surface area (Å²) in [5, 5.41) is 0. The Balaban J connectivity index is 1.59. The van der Waals surface area contributed by atoms with Crippen molar-refractivity contribution in [2.24, 2.45) is 0 Å². The van der Waals surface area contributed by atoms with Gasteiger partial charge in [0, 0.05) is 44.1 Å². The molecule has 25 heavy (non-hydrogen) atoms. The van der Waals surface area contributed by atoms with E-state index in [4.69, 9.17) is 0 Å². The third-order valence-electron chi connectivity index (χ3n) is 4.28. The van der Waals surface area contributed by atoms with Crippen LogP contribution >= 0.6 is 0 Å². The first-order valence-electron chi connectivity index (χ1n) is 8.37. The van der Waals surface area contributed by atoms with Crippen molar-refractivity contribution in [2.75, 3.05) is 26.2 Å². The van der Waals surface area contributed by atoms with E-state index in [-0.39, 0.29) is 11.8 Å². The predicted molar refractivity (Wildman–Crippen MR) is 96.8 cm³/mol. The van der Waals surface area contributed by atoms with Crippen molar-refractivity contribution in [2.45, 2.75) is 6.92 Å². The number of hydrogen-bond donors (Lipinski definition) is 0. The highest BCUT2D eigenvalue weighted by Crippen LogP contribution is 2.13. The summed E-state index contributed by atoms with van der Waals surface area (Å²) in [6, 6.07) is 13.3. The van der Waals surface area contributed by atoms with Crippen LogP contribution in [0.25, 0.3) is 6.08 Å². The molecule has 3 rings (SSSR count). The lowest BCUT2D eigenvalue weighted by molar-refractivity contribution is -0.128. The van der Waals surface area contributed by atoms with Crippen LogP contribution in [0.1, 0.15) is 22.8 Å². The Kier molecular flexibility index (Phi) is 5.23. The molecule has 0 N–H and O–H groups in total. The van der Waals surface area contributed by atoms with Gasteiger partial charge in [0.15, 0.2) is 0 Å². The van der Waals surface area contributed by atoms with Crippen molar-refractivity contribution in [1.29, 1.82) is 0 Å². The molecular weight excluding hydrogens is 314 g/mol. The summed E-state index contributed by atoms with van der Waals surface area (Å²) in [6.07, 6.45) is 5.12. The Hall–Kier alpha value is -2.95. The molecule has 5 nitrogen and oxygen atoms in total. The number of amides is 2. The van der Waals surface area contributed by atoms with E-state index in [0.717, 1.165) is 5.56 Å². The number of benzene rings is 1. The monoisotopic (exact) mass is 335 g/mol. The molecule has 0 atom stereocenters. The lowest BCUT2D eigenvalue weighted by Crippen LogP contribution is -2.50. The van der Waals surface area contributed by atoms with Crippen molar-refractivity contribution >= 4 is 17.9 Å².